The summed E-state index contributed by atoms with van der Waals surface area (Å²) in [5, 5.41) is 3.10. The van der Waals surface area contributed by atoms with Gasteiger partial charge in [0.25, 0.3) is 11.5 Å². The number of rotatable bonds is 2. The molecule has 0 aliphatic carbocycles. The predicted octanol–water partition coefficient (Wildman–Crippen LogP) is 1.76. The summed E-state index contributed by atoms with van der Waals surface area (Å²) in [6.45, 7) is 0. The summed E-state index contributed by atoms with van der Waals surface area (Å²) in [6, 6.07) is 13.5. The second kappa shape index (κ2) is 5.09. The third kappa shape index (κ3) is 2.59. The molecule has 4 N–H and O–H groups in total. The fourth-order valence-corrected chi connectivity index (χ4v) is 1.95. The monoisotopic (exact) mass is 280 g/mol. The van der Waals surface area contributed by atoms with Gasteiger partial charge in [0.2, 0.25) is 0 Å². The highest BCUT2D eigenvalue weighted by Gasteiger charge is 2.11. The number of H-pyrrole nitrogens is 1. The lowest BCUT2D eigenvalue weighted by molar-refractivity contribution is 0.101. The van der Waals surface area contributed by atoms with Crippen LogP contribution >= 0.6 is 0 Å². The van der Waals surface area contributed by atoms with E-state index in [0.717, 1.165) is 0 Å². The molecule has 21 heavy (non-hydrogen) atoms. The van der Waals surface area contributed by atoms with Gasteiger partial charge >= 0.3 is 0 Å². The van der Waals surface area contributed by atoms with Crippen molar-refractivity contribution in [3.8, 4) is 0 Å². The first-order valence-corrected chi connectivity index (χ1v) is 6.29. The number of para-hydroxylation sites is 1. The molecule has 2 aromatic carbocycles. The number of anilines is 2. The molecule has 0 unspecified atom stereocenters. The van der Waals surface area contributed by atoms with Gasteiger partial charge in [-0.1, -0.05) is 12.1 Å². The molecule has 0 aliphatic rings. The largest absolute Gasteiger partial charge is 0.399 e. The van der Waals surface area contributed by atoms with Crippen molar-refractivity contribution in [2.24, 2.45) is 0 Å². The molecule has 104 valence electrons. The zero-order chi connectivity index (χ0) is 14.8. The fraction of sp³-hybridized carbons (Fsp3) is 0. The van der Waals surface area contributed by atoms with Crippen molar-refractivity contribution in [2.75, 3.05) is 11.1 Å². The summed E-state index contributed by atoms with van der Waals surface area (Å²) < 4.78 is 0. The third-order valence-corrected chi connectivity index (χ3v) is 3.00. The van der Waals surface area contributed by atoms with Crippen molar-refractivity contribution in [1.82, 2.24) is 9.97 Å². The molecular weight excluding hydrogens is 268 g/mol. The molecule has 1 aromatic heterocycles. The molecule has 0 bridgehead atoms. The van der Waals surface area contributed by atoms with Gasteiger partial charge in [-0.15, -0.1) is 0 Å². The lowest BCUT2D eigenvalue weighted by atomic mass is 10.2. The van der Waals surface area contributed by atoms with Crippen LogP contribution < -0.4 is 16.6 Å². The lowest BCUT2D eigenvalue weighted by Crippen LogP contribution is -2.21. The molecule has 6 heteroatoms. The van der Waals surface area contributed by atoms with Gasteiger partial charge in [-0.2, -0.15) is 0 Å². The highest BCUT2D eigenvalue weighted by Crippen LogP contribution is 2.12. The average Bonchev–Trinajstić information content (AvgIpc) is 2.49. The second-order valence-corrected chi connectivity index (χ2v) is 4.51. The lowest BCUT2D eigenvalue weighted by Gasteiger charge is -2.05. The normalized spacial score (nSPS) is 10.5. The number of carbonyl (C=O) groups is 1. The number of fused-ring (bicyclic) bond motifs is 1. The zero-order valence-corrected chi connectivity index (χ0v) is 11.0. The fourth-order valence-electron chi connectivity index (χ4n) is 1.95. The molecule has 1 heterocycles. The van der Waals surface area contributed by atoms with E-state index in [-0.39, 0.29) is 11.4 Å². The number of nitrogens with two attached hydrogens (primary N) is 1. The average molecular weight is 280 g/mol. The van der Waals surface area contributed by atoms with Gasteiger partial charge in [0.15, 0.2) is 5.82 Å². The van der Waals surface area contributed by atoms with Gasteiger partial charge in [-0.25, -0.2) is 4.98 Å². The van der Waals surface area contributed by atoms with Crippen LogP contribution in [0, 0.1) is 0 Å². The Morgan fingerprint density at radius 3 is 2.57 bits per heavy atom. The van der Waals surface area contributed by atoms with E-state index in [1.165, 1.54) is 0 Å². The zero-order valence-electron chi connectivity index (χ0n) is 11.0. The van der Waals surface area contributed by atoms with Crippen LogP contribution in [-0.2, 0) is 0 Å². The maximum absolute atomic E-state index is 12.1. The highest BCUT2D eigenvalue weighted by atomic mass is 16.2. The molecule has 1 amide bonds. The molecule has 3 rings (SSSR count). The molecule has 3 aromatic rings. The van der Waals surface area contributed by atoms with Gasteiger partial charge in [0.1, 0.15) is 0 Å². The second-order valence-electron chi connectivity index (χ2n) is 4.51. The smallest absolute Gasteiger partial charge is 0.291 e. The van der Waals surface area contributed by atoms with E-state index in [0.29, 0.717) is 22.3 Å². The van der Waals surface area contributed by atoms with Gasteiger partial charge < -0.3 is 16.0 Å². The molecule has 6 nitrogen and oxygen atoms in total. The maximum atomic E-state index is 12.1. The summed E-state index contributed by atoms with van der Waals surface area (Å²) >= 11 is 0. The Labute approximate surface area is 119 Å². The Balaban J connectivity index is 1.94. The summed E-state index contributed by atoms with van der Waals surface area (Å²) in [4.78, 5) is 30.7. The molecule has 0 saturated heterocycles. The van der Waals surface area contributed by atoms with E-state index >= 15 is 0 Å². The molecule has 0 saturated carbocycles. The number of carbonyl (C=O) groups excluding carboxylic acids is 1. The summed E-state index contributed by atoms with van der Waals surface area (Å²) in [5.41, 5.74) is 6.89. The number of hydrogen-bond donors (Lipinski definition) is 3. The predicted molar refractivity (Wildman–Crippen MR) is 81.2 cm³/mol. The van der Waals surface area contributed by atoms with Crippen molar-refractivity contribution in [2.45, 2.75) is 0 Å². The van der Waals surface area contributed by atoms with Crippen molar-refractivity contribution >= 4 is 28.2 Å². The Morgan fingerprint density at radius 1 is 1.10 bits per heavy atom. The number of nitrogens with zero attached hydrogens (tertiary/aromatic N) is 1. The Bertz CT molecular complexity index is 869. The summed E-state index contributed by atoms with van der Waals surface area (Å²) in [7, 11) is 0. The van der Waals surface area contributed by atoms with Crippen LogP contribution in [0.3, 0.4) is 0 Å². The topological polar surface area (TPSA) is 101 Å². The molecule has 0 atom stereocenters. The molecule has 0 aliphatic heterocycles. The quantitative estimate of drug-likeness (QED) is 0.622. The number of nitrogen functional groups attached to an aromatic ring is 1. The van der Waals surface area contributed by atoms with E-state index in [1.54, 1.807) is 48.5 Å². The van der Waals surface area contributed by atoms with Crippen LogP contribution in [0.2, 0.25) is 0 Å². The number of benzene rings is 2. The van der Waals surface area contributed by atoms with E-state index in [1.807, 2.05) is 0 Å². The highest BCUT2D eigenvalue weighted by molar-refractivity contribution is 6.02. The number of aromatic nitrogens is 2. The first-order valence-electron chi connectivity index (χ1n) is 6.29. The van der Waals surface area contributed by atoms with Gasteiger partial charge in [-0.05, 0) is 36.4 Å². The first-order chi connectivity index (χ1) is 10.1. The standard InChI is InChI=1S/C15H12N4O2/c16-9-5-7-10(8-6-9)17-15(21)13-18-12-4-2-1-3-11(12)14(20)19-13/h1-8H,16H2,(H,17,21)(H,18,19,20). The molecule has 0 spiro atoms. The van der Waals surface area contributed by atoms with Gasteiger partial charge in [-0.3, -0.25) is 9.59 Å². The summed E-state index contributed by atoms with van der Waals surface area (Å²) in [5.74, 6) is -0.516. The number of aromatic amines is 1. The van der Waals surface area contributed by atoms with Crippen molar-refractivity contribution in [1.29, 1.82) is 0 Å². The van der Waals surface area contributed by atoms with E-state index in [9.17, 15) is 9.59 Å². The van der Waals surface area contributed by atoms with Crippen LogP contribution in [0.25, 0.3) is 10.9 Å². The minimum Gasteiger partial charge on any atom is -0.399 e. The minimum atomic E-state index is -0.484. The van der Waals surface area contributed by atoms with Crippen molar-refractivity contribution < 1.29 is 4.79 Å². The SMILES string of the molecule is Nc1ccc(NC(=O)c2nc3ccccc3c(=O)[nH]2)cc1. The van der Waals surface area contributed by atoms with E-state index in [4.69, 9.17) is 5.73 Å². The Morgan fingerprint density at radius 2 is 1.81 bits per heavy atom. The van der Waals surface area contributed by atoms with Crippen molar-refractivity contribution in [3.05, 3.63) is 64.7 Å². The number of hydrogen-bond acceptors (Lipinski definition) is 4. The van der Waals surface area contributed by atoms with Gasteiger partial charge in [0.05, 0.1) is 10.9 Å². The van der Waals surface area contributed by atoms with Crippen molar-refractivity contribution in [3.63, 3.8) is 0 Å². The Hall–Kier alpha value is -3.15. The molecule has 0 radical (unpaired) electrons. The third-order valence-electron chi connectivity index (χ3n) is 3.00. The number of amides is 1. The first kappa shape index (κ1) is 12.9. The Kier molecular flexibility index (Phi) is 3.12. The minimum absolute atomic E-state index is 0.0319. The summed E-state index contributed by atoms with van der Waals surface area (Å²) in [6.07, 6.45) is 0. The van der Waals surface area contributed by atoms with Crippen LogP contribution in [0.4, 0.5) is 11.4 Å². The van der Waals surface area contributed by atoms with Gasteiger partial charge in [0, 0.05) is 11.4 Å². The maximum Gasteiger partial charge on any atom is 0.291 e. The van der Waals surface area contributed by atoms with Crippen LogP contribution in [-0.4, -0.2) is 15.9 Å². The van der Waals surface area contributed by atoms with Crippen LogP contribution in [0.1, 0.15) is 10.6 Å². The van der Waals surface area contributed by atoms with Crippen LogP contribution in [0.5, 0.6) is 0 Å². The molecule has 0 fully saturated rings. The molecular formula is C15H12N4O2. The van der Waals surface area contributed by atoms with E-state index < -0.39 is 5.91 Å². The van der Waals surface area contributed by atoms with Crippen LogP contribution in [0.15, 0.2) is 53.3 Å². The number of nitrogens with one attached hydrogen (secondary N) is 2. The van der Waals surface area contributed by atoms with E-state index in [2.05, 4.69) is 15.3 Å².